The second kappa shape index (κ2) is 71.7. The number of aliphatic hydroxyl groups is 1. The number of phosphoric ester groups is 2. The minimum absolute atomic E-state index is 0.107. The largest absolute Gasteiger partial charge is 0.472 e. The van der Waals surface area contributed by atoms with Crippen molar-refractivity contribution in [2.24, 2.45) is 11.8 Å². The van der Waals surface area contributed by atoms with Gasteiger partial charge in [0.05, 0.1) is 26.4 Å². The van der Waals surface area contributed by atoms with Gasteiger partial charge in [0.25, 0.3) is 0 Å². The first-order valence-corrected chi connectivity index (χ1v) is 44.5. The summed E-state index contributed by atoms with van der Waals surface area (Å²) < 4.78 is 68.7. The summed E-state index contributed by atoms with van der Waals surface area (Å²) in [6.07, 6.45) is 61.0. The minimum atomic E-state index is -4.96. The maximum Gasteiger partial charge on any atom is 0.472 e. The van der Waals surface area contributed by atoms with Crippen LogP contribution in [0.25, 0.3) is 0 Å². The van der Waals surface area contributed by atoms with Gasteiger partial charge in [0, 0.05) is 25.7 Å². The molecule has 0 saturated carbocycles. The molecule has 0 radical (unpaired) electrons. The van der Waals surface area contributed by atoms with Crippen LogP contribution in [-0.4, -0.2) is 96.7 Å². The van der Waals surface area contributed by atoms with Crippen LogP contribution in [0.1, 0.15) is 420 Å². The van der Waals surface area contributed by atoms with Crippen molar-refractivity contribution in [1.82, 2.24) is 0 Å². The molecular weight excluding hydrogens is 1290 g/mol. The van der Waals surface area contributed by atoms with E-state index in [0.717, 1.165) is 102 Å². The van der Waals surface area contributed by atoms with Gasteiger partial charge in [-0.15, -0.1) is 0 Å². The first-order chi connectivity index (χ1) is 47.9. The van der Waals surface area contributed by atoms with E-state index in [9.17, 15) is 43.2 Å². The fourth-order valence-corrected chi connectivity index (χ4v) is 13.9. The van der Waals surface area contributed by atoms with Crippen LogP contribution in [0.2, 0.25) is 0 Å². The van der Waals surface area contributed by atoms with Crippen LogP contribution in [0.5, 0.6) is 0 Å². The minimum Gasteiger partial charge on any atom is -0.462 e. The van der Waals surface area contributed by atoms with E-state index in [4.69, 9.17) is 37.0 Å². The third kappa shape index (κ3) is 74.1. The van der Waals surface area contributed by atoms with Crippen LogP contribution in [0.3, 0.4) is 0 Å². The van der Waals surface area contributed by atoms with Gasteiger partial charge in [0.15, 0.2) is 12.2 Å². The first-order valence-electron chi connectivity index (χ1n) is 41.5. The molecular formula is C80H156O17P2. The summed E-state index contributed by atoms with van der Waals surface area (Å²) in [5.41, 5.74) is 0. The molecule has 0 aromatic carbocycles. The summed E-state index contributed by atoms with van der Waals surface area (Å²) >= 11 is 0. The van der Waals surface area contributed by atoms with Crippen LogP contribution >= 0.6 is 15.6 Å². The normalized spacial score (nSPS) is 13.9. The number of carbonyl (C=O) groups excluding carboxylic acids is 4. The van der Waals surface area contributed by atoms with E-state index >= 15 is 0 Å². The van der Waals surface area contributed by atoms with Gasteiger partial charge in [-0.2, -0.15) is 0 Å². The molecule has 2 unspecified atom stereocenters. The van der Waals surface area contributed by atoms with Crippen molar-refractivity contribution >= 4 is 39.5 Å². The Balaban J connectivity index is 5.25. The number of carbonyl (C=O) groups is 4. The van der Waals surface area contributed by atoms with Crippen molar-refractivity contribution < 1.29 is 80.2 Å². The predicted octanol–water partition coefficient (Wildman–Crippen LogP) is 23.9. The van der Waals surface area contributed by atoms with E-state index in [1.54, 1.807) is 0 Å². The lowest BCUT2D eigenvalue weighted by Crippen LogP contribution is -2.30. The van der Waals surface area contributed by atoms with Crippen LogP contribution in [0, 0.1) is 11.8 Å². The van der Waals surface area contributed by atoms with Gasteiger partial charge < -0.3 is 33.8 Å². The van der Waals surface area contributed by atoms with Gasteiger partial charge in [-0.05, 0) is 37.5 Å². The zero-order valence-electron chi connectivity index (χ0n) is 64.8. The Hall–Kier alpha value is -1.94. The van der Waals surface area contributed by atoms with E-state index in [-0.39, 0.29) is 25.7 Å². The molecule has 0 heterocycles. The van der Waals surface area contributed by atoms with Gasteiger partial charge in [-0.3, -0.25) is 37.3 Å². The third-order valence-corrected chi connectivity index (χ3v) is 20.6. The van der Waals surface area contributed by atoms with Crippen LogP contribution in [0.15, 0.2) is 0 Å². The summed E-state index contributed by atoms with van der Waals surface area (Å²) in [6.45, 7) is 9.61. The molecule has 0 aliphatic heterocycles. The summed E-state index contributed by atoms with van der Waals surface area (Å²) in [4.78, 5) is 73.0. The highest BCUT2D eigenvalue weighted by Crippen LogP contribution is 2.45. The first kappa shape index (κ1) is 97.1. The van der Waals surface area contributed by atoms with Crippen molar-refractivity contribution in [3.05, 3.63) is 0 Å². The lowest BCUT2D eigenvalue weighted by Gasteiger charge is -2.21. The predicted molar refractivity (Wildman–Crippen MR) is 405 cm³/mol. The van der Waals surface area contributed by atoms with Crippen molar-refractivity contribution in [1.29, 1.82) is 0 Å². The van der Waals surface area contributed by atoms with Crippen molar-refractivity contribution in [3.8, 4) is 0 Å². The lowest BCUT2D eigenvalue weighted by molar-refractivity contribution is -0.161. The topological polar surface area (TPSA) is 237 Å². The maximum atomic E-state index is 13.1. The maximum absolute atomic E-state index is 13.1. The molecule has 0 aromatic heterocycles. The molecule has 0 rings (SSSR count). The number of phosphoric acid groups is 2. The van der Waals surface area contributed by atoms with Crippen LogP contribution in [-0.2, 0) is 65.4 Å². The molecule has 3 N–H and O–H groups in total. The summed E-state index contributed by atoms with van der Waals surface area (Å²) in [7, 11) is -9.92. The Bertz CT molecular complexity index is 1910. The summed E-state index contributed by atoms with van der Waals surface area (Å²) in [6, 6.07) is 0. The highest BCUT2D eigenvalue weighted by atomic mass is 31.2. The highest BCUT2D eigenvalue weighted by molar-refractivity contribution is 7.47. The number of unbranched alkanes of at least 4 members (excludes halogenated alkanes) is 49. The Labute approximate surface area is 607 Å². The second-order valence-corrected chi connectivity index (χ2v) is 32.7. The van der Waals surface area contributed by atoms with Gasteiger partial charge in [0.1, 0.15) is 19.3 Å². The summed E-state index contributed by atoms with van der Waals surface area (Å²) in [5, 5.41) is 10.6. The number of hydrogen-bond acceptors (Lipinski definition) is 15. The zero-order valence-corrected chi connectivity index (χ0v) is 66.6. The average Bonchev–Trinajstić information content (AvgIpc) is 0.982. The van der Waals surface area contributed by atoms with Crippen molar-refractivity contribution in [2.75, 3.05) is 39.6 Å². The van der Waals surface area contributed by atoms with Gasteiger partial charge >= 0.3 is 39.5 Å². The fraction of sp³-hybridized carbons (Fsp3) is 0.950. The number of esters is 4. The quantitative estimate of drug-likeness (QED) is 0.0222. The van der Waals surface area contributed by atoms with Crippen LogP contribution in [0.4, 0.5) is 0 Å². The molecule has 0 aromatic rings. The summed E-state index contributed by atoms with van der Waals surface area (Å²) in [5.74, 6) is -0.601. The fourth-order valence-electron chi connectivity index (χ4n) is 12.4. The zero-order chi connectivity index (χ0) is 72.8. The average molecular weight is 1450 g/mol. The van der Waals surface area contributed by atoms with Crippen LogP contribution < -0.4 is 0 Å². The number of aliphatic hydroxyl groups excluding tert-OH is 1. The number of ether oxygens (including phenoxy) is 4. The van der Waals surface area contributed by atoms with Gasteiger partial charge in [-0.25, -0.2) is 9.13 Å². The molecule has 0 amide bonds. The molecule has 99 heavy (non-hydrogen) atoms. The second-order valence-electron chi connectivity index (χ2n) is 29.8. The van der Waals surface area contributed by atoms with E-state index < -0.39 is 97.5 Å². The molecule has 5 atom stereocenters. The molecule has 17 nitrogen and oxygen atoms in total. The van der Waals surface area contributed by atoms with Gasteiger partial charge in [0.2, 0.25) is 0 Å². The lowest BCUT2D eigenvalue weighted by atomic mass is 10.0. The monoisotopic (exact) mass is 1450 g/mol. The standard InChI is InChI=1S/C80H156O17P2/c1-7-9-11-13-15-17-19-21-23-24-25-26-27-29-35-39-47-53-59-65-80(85)96-75(68-90-77(82)62-56-50-44-37-33-31-30-32-36-42-48-54-60-72(3)4)70-94-98(86,87)92-66-74(81)67-93-99(88,89)95-71-76(69-91-78(83)63-57-51-45-41-40-43-49-55-61-73(5)6)97-79(84)64-58-52-46-38-34-28-22-20-18-16-14-12-10-8-2/h72-76,81H,7-71H2,1-6H3,(H,86,87)(H,88,89)/t74-,75-,76-/m1/s1. The molecule has 588 valence electrons. The smallest absolute Gasteiger partial charge is 0.462 e. The Morgan fingerprint density at radius 3 is 0.687 bits per heavy atom. The van der Waals surface area contributed by atoms with Crippen molar-refractivity contribution in [2.45, 2.75) is 439 Å². The van der Waals surface area contributed by atoms with Gasteiger partial charge in [-0.1, -0.05) is 369 Å². The molecule has 0 spiro atoms. The molecule has 0 aliphatic rings. The molecule has 19 heteroatoms. The highest BCUT2D eigenvalue weighted by Gasteiger charge is 2.30. The molecule has 0 fully saturated rings. The van der Waals surface area contributed by atoms with E-state index in [2.05, 4.69) is 41.5 Å². The SMILES string of the molecule is CCCCCCCCCCCCCCCCCCCCCC(=O)O[C@H](COC(=O)CCCCCCCCCCCCCCC(C)C)COP(=O)(O)OC[C@@H](O)COP(=O)(O)OC[C@@H](COC(=O)CCCCCCCCCCC(C)C)OC(=O)CCCCCCCCCCCCCCCC. The van der Waals surface area contributed by atoms with E-state index in [1.807, 2.05) is 0 Å². The molecule has 0 aliphatic carbocycles. The Morgan fingerprint density at radius 2 is 0.465 bits per heavy atom. The van der Waals surface area contributed by atoms with E-state index in [0.29, 0.717) is 25.7 Å². The molecule has 0 saturated heterocycles. The molecule has 0 bridgehead atoms. The Morgan fingerprint density at radius 1 is 0.273 bits per heavy atom. The number of hydrogen-bond donors (Lipinski definition) is 3. The van der Waals surface area contributed by atoms with E-state index in [1.165, 1.54) is 238 Å². The Kier molecular flexibility index (Phi) is 70.3. The van der Waals surface area contributed by atoms with Crippen molar-refractivity contribution in [3.63, 3.8) is 0 Å². The number of rotatable bonds is 79. The third-order valence-electron chi connectivity index (χ3n) is 18.7.